The number of halogens is 3. The molecule has 0 aromatic rings. The molecular weight excluding hydrogens is 405 g/mol. The zero-order valence-corrected chi connectivity index (χ0v) is 15.5. The zero-order chi connectivity index (χ0) is 22.2. The number of carboxylic acid groups (broad SMARTS) is 3. The van der Waals surface area contributed by atoms with Crippen molar-refractivity contribution in [2.75, 3.05) is 58.9 Å². The quantitative estimate of drug-likeness (QED) is 0.251. The molecule has 1 aliphatic rings. The number of aliphatic hydroxyl groups excluding tert-OH is 1. The van der Waals surface area contributed by atoms with E-state index in [0.717, 1.165) is 0 Å². The van der Waals surface area contributed by atoms with Crippen molar-refractivity contribution in [2.24, 2.45) is 0 Å². The topological polar surface area (TPSA) is 163 Å². The third-order valence-electron chi connectivity index (χ3n) is 4.54. The molecule has 1 saturated heterocycles. The van der Waals surface area contributed by atoms with Crippen LogP contribution in [0.15, 0.2) is 0 Å². The molecule has 1 fully saturated rings. The summed E-state index contributed by atoms with van der Waals surface area (Å²) in [5, 5.41) is 43.4. The maximum absolute atomic E-state index is 12.7. The standard InChI is InChI=1S/C15H25F3N4O7/c16-15(17,18)10(23)9-21-5-3-19-1-2-20-4-6-22(8-7-21)14(11(24)25,12(26)27)13(28)29/h10,19-20,23H,1-9H2,(H,24,25)(H,26,27)(H,28,29). The largest absolute Gasteiger partial charge is 0.479 e. The Morgan fingerprint density at radius 2 is 1.31 bits per heavy atom. The molecule has 1 heterocycles. The Balaban J connectivity index is 3.13. The lowest BCUT2D eigenvalue weighted by atomic mass is 9.97. The summed E-state index contributed by atoms with van der Waals surface area (Å²) in [6, 6.07) is 0. The molecule has 1 unspecified atom stereocenters. The highest BCUT2D eigenvalue weighted by Gasteiger charge is 2.59. The molecule has 6 N–H and O–H groups in total. The van der Waals surface area contributed by atoms with E-state index in [-0.39, 0.29) is 32.7 Å². The van der Waals surface area contributed by atoms with Crippen molar-refractivity contribution in [2.45, 2.75) is 17.8 Å². The minimum Gasteiger partial charge on any atom is -0.479 e. The predicted molar refractivity (Wildman–Crippen MR) is 91.5 cm³/mol. The molecule has 0 radical (unpaired) electrons. The number of aliphatic carboxylic acids is 3. The van der Waals surface area contributed by atoms with Crippen molar-refractivity contribution in [3.05, 3.63) is 0 Å². The minimum absolute atomic E-state index is 0.0429. The van der Waals surface area contributed by atoms with Crippen molar-refractivity contribution >= 4 is 17.9 Å². The van der Waals surface area contributed by atoms with Gasteiger partial charge in [-0.25, -0.2) is 14.4 Å². The van der Waals surface area contributed by atoms with E-state index in [2.05, 4.69) is 10.6 Å². The summed E-state index contributed by atoms with van der Waals surface area (Å²) in [5.41, 5.74) is -3.29. The Kier molecular flexibility index (Phi) is 9.22. The molecule has 1 atom stereocenters. The van der Waals surface area contributed by atoms with Gasteiger partial charge in [0.25, 0.3) is 0 Å². The number of rotatable bonds is 6. The van der Waals surface area contributed by atoms with Crippen LogP contribution in [0.5, 0.6) is 0 Å². The number of alkyl halides is 3. The molecule has 0 aromatic carbocycles. The van der Waals surface area contributed by atoms with Gasteiger partial charge in [0.05, 0.1) is 0 Å². The molecule has 1 aliphatic heterocycles. The van der Waals surface area contributed by atoms with Crippen LogP contribution >= 0.6 is 0 Å². The summed E-state index contributed by atoms with van der Waals surface area (Å²) < 4.78 is 38.1. The summed E-state index contributed by atoms with van der Waals surface area (Å²) in [4.78, 5) is 36.8. The average molecular weight is 430 g/mol. The van der Waals surface area contributed by atoms with Crippen molar-refractivity contribution in [1.82, 2.24) is 20.4 Å². The van der Waals surface area contributed by atoms with Gasteiger partial charge in [-0.05, 0) is 0 Å². The molecule has 0 saturated carbocycles. The third kappa shape index (κ3) is 6.50. The highest BCUT2D eigenvalue weighted by atomic mass is 19.4. The van der Waals surface area contributed by atoms with E-state index in [0.29, 0.717) is 18.0 Å². The number of nitrogens with zero attached hydrogens (tertiary/aromatic N) is 2. The van der Waals surface area contributed by atoms with Crippen LogP contribution in [0.4, 0.5) is 13.2 Å². The third-order valence-corrected chi connectivity index (χ3v) is 4.54. The van der Waals surface area contributed by atoms with Gasteiger partial charge in [-0.2, -0.15) is 13.2 Å². The molecule has 0 bridgehead atoms. The van der Waals surface area contributed by atoms with Gasteiger partial charge in [0, 0.05) is 58.9 Å². The molecule has 1 rings (SSSR count). The summed E-state index contributed by atoms with van der Waals surface area (Å²) >= 11 is 0. The number of hydrogen-bond acceptors (Lipinski definition) is 8. The normalized spacial score (nSPS) is 20.3. The fourth-order valence-electron chi connectivity index (χ4n) is 2.91. The van der Waals surface area contributed by atoms with Crippen molar-refractivity contribution in [3.8, 4) is 0 Å². The highest BCUT2D eigenvalue weighted by molar-refractivity contribution is 6.21. The van der Waals surface area contributed by atoms with Crippen LogP contribution in [0.25, 0.3) is 0 Å². The number of carboxylic acids is 3. The van der Waals surface area contributed by atoms with Crippen molar-refractivity contribution < 1.29 is 48.0 Å². The first-order chi connectivity index (χ1) is 13.4. The van der Waals surface area contributed by atoms with E-state index >= 15 is 0 Å². The monoisotopic (exact) mass is 430 g/mol. The molecule has 0 spiro atoms. The fourth-order valence-corrected chi connectivity index (χ4v) is 2.91. The maximum Gasteiger partial charge on any atom is 0.415 e. The van der Waals surface area contributed by atoms with Gasteiger partial charge in [0.1, 0.15) is 0 Å². The molecule has 29 heavy (non-hydrogen) atoms. The van der Waals surface area contributed by atoms with Crippen molar-refractivity contribution in [3.63, 3.8) is 0 Å². The van der Waals surface area contributed by atoms with Crippen LogP contribution < -0.4 is 10.6 Å². The molecule has 14 heteroatoms. The van der Waals surface area contributed by atoms with E-state index in [1.54, 1.807) is 0 Å². The molecule has 0 aliphatic carbocycles. The van der Waals surface area contributed by atoms with Crippen LogP contribution in [-0.4, -0.2) is 125 Å². The van der Waals surface area contributed by atoms with Gasteiger partial charge in [0.2, 0.25) is 0 Å². The van der Waals surface area contributed by atoms with E-state index in [4.69, 9.17) is 0 Å². The number of nitrogens with one attached hydrogen (secondary N) is 2. The number of aliphatic hydroxyl groups is 1. The Labute approximate surface area is 164 Å². The predicted octanol–water partition coefficient (Wildman–Crippen LogP) is -2.30. The van der Waals surface area contributed by atoms with E-state index in [1.165, 1.54) is 4.90 Å². The van der Waals surface area contributed by atoms with Gasteiger partial charge < -0.3 is 31.1 Å². The van der Waals surface area contributed by atoms with E-state index in [9.17, 15) is 48.0 Å². The van der Waals surface area contributed by atoms with Gasteiger partial charge in [-0.3, -0.25) is 9.80 Å². The second-order valence-electron chi connectivity index (χ2n) is 6.47. The van der Waals surface area contributed by atoms with Crippen LogP contribution in [0.1, 0.15) is 0 Å². The summed E-state index contributed by atoms with van der Waals surface area (Å²) in [6.07, 6.45) is -7.53. The van der Waals surface area contributed by atoms with Gasteiger partial charge in [-0.1, -0.05) is 0 Å². The zero-order valence-electron chi connectivity index (χ0n) is 15.5. The number of β-amino-alcohol motifs (C(OH)–C–C–N with tert-alkyl or cyclic N) is 1. The van der Waals surface area contributed by atoms with Crippen molar-refractivity contribution in [1.29, 1.82) is 0 Å². The first kappa shape index (κ1) is 25.0. The Morgan fingerprint density at radius 3 is 1.76 bits per heavy atom. The fraction of sp³-hybridized carbons (Fsp3) is 0.800. The van der Waals surface area contributed by atoms with E-state index < -0.39 is 48.8 Å². The first-order valence-electron chi connectivity index (χ1n) is 8.77. The van der Waals surface area contributed by atoms with Crippen LogP contribution in [-0.2, 0) is 14.4 Å². The van der Waals surface area contributed by atoms with Crippen LogP contribution in [0.2, 0.25) is 0 Å². The summed E-state index contributed by atoms with van der Waals surface area (Å²) in [7, 11) is 0. The molecular formula is C15H25F3N4O7. The lowest BCUT2D eigenvalue weighted by molar-refractivity contribution is -0.208. The maximum atomic E-state index is 12.7. The number of carbonyl (C=O) groups is 3. The Morgan fingerprint density at radius 1 is 0.828 bits per heavy atom. The second-order valence-corrected chi connectivity index (χ2v) is 6.47. The average Bonchev–Trinajstić information content (AvgIpc) is 2.57. The van der Waals surface area contributed by atoms with Crippen LogP contribution in [0, 0.1) is 0 Å². The van der Waals surface area contributed by atoms with Gasteiger partial charge in [0.15, 0.2) is 6.10 Å². The summed E-state index contributed by atoms with van der Waals surface area (Å²) in [6.45, 7) is -0.686. The molecule has 11 nitrogen and oxygen atoms in total. The van der Waals surface area contributed by atoms with E-state index in [1.807, 2.05) is 0 Å². The van der Waals surface area contributed by atoms with Gasteiger partial charge >= 0.3 is 29.6 Å². The molecule has 0 aromatic heterocycles. The summed E-state index contributed by atoms with van der Waals surface area (Å²) in [5.74, 6) is -6.35. The molecule has 0 amide bonds. The Hall–Kier alpha value is -2.00. The lowest BCUT2D eigenvalue weighted by Crippen LogP contribution is -2.67. The van der Waals surface area contributed by atoms with Crippen LogP contribution in [0.3, 0.4) is 0 Å². The molecule has 168 valence electrons. The number of hydrogen-bond donors (Lipinski definition) is 6. The lowest BCUT2D eigenvalue weighted by Gasteiger charge is -2.36. The first-order valence-corrected chi connectivity index (χ1v) is 8.77. The van der Waals surface area contributed by atoms with Gasteiger partial charge in [-0.15, -0.1) is 0 Å². The highest BCUT2D eigenvalue weighted by Crippen LogP contribution is 2.21. The Bertz CT molecular complexity index is 555. The minimum atomic E-state index is -4.87. The SMILES string of the molecule is O=C(O)C(C(=O)O)(C(=O)O)N1CCNCCNCCN(CC(O)C(F)(F)F)CC1. The second kappa shape index (κ2) is 10.7. The smallest absolute Gasteiger partial charge is 0.415 e.